The lowest BCUT2D eigenvalue weighted by atomic mass is 10.3. The van der Waals surface area contributed by atoms with Gasteiger partial charge in [0.15, 0.2) is 0 Å². The second-order valence-corrected chi connectivity index (χ2v) is 4.61. The van der Waals surface area contributed by atoms with Crippen molar-refractivity contribution in [2.24, 2.45) is 0 Å². The fourth-order valence-electron chi connectivity index (χ4n) is 1.46. The van der Waals surface area contributed by atoms with E-state index < -0.39 is 0 Å². The highest BCUT2D eigenvalue weighted by Gasteiger charge is 2.08. The number of nitrogens with zero attached hydrogens (tertiary/aromatic N) is 1. The van der Waals surface area contributed by atoms with Gasteiger partial charge in [-0.2, -0.15) is 0 Å². The fourth-order valence-corrected chi connectivity index (χ4v) is 2.30. The summed E-state index contributed by atoms with van der Waals surface area (Å²) in [5, 5.41) is 0.652. The lowest BCUT2D eigenvalue weighted by Gasteiger charge is -2.03. The molecule has 1 aromatic heterocycles. The van der Waals surface area contributed by atoms with Crippen LogP contribution in [0, 0.1) is 0 Å². The Balaban J connectivity index is 2.21. The Hall–Kier alpha value is -1.82. The van der Waals surface area contributed by atoms with Crippen molar-refractivity contribution >= 4 is 32.6 Å². The predicted octanol–water partition coefficient (Wildman–Crippen LogP) is 2.55. The highest BCUT2D eigenvalue weighted by molar-refractivity contribution is 7.22. The number of amides is 1. The van der Waals surface area contributed by atoms with Crippen LogP contribution in [0.3, 0.4) is 0 Å². The van der Waals surface area contributed by atoms with Crippen molar-refractivity contribution in [3.8, 4) is 5.75 Å². The van der Waals surface area contributed by atoms with Gasteiger partial charge < -0.3 is 4.74 Å². The van der Waals surface area contributed by atoms with Crippen molar-refractivity contribution in [3.05, 3.63) is 18.2 Å². The number of nitrogens with one attached hydrogen (secondary N) is 2. The van der Waals surface area contributed by atoms with Crippen LogP contribution in [0.4, 0.5) is 5.13 Å². The number of carbonyl (C=O) groups is 1. The summed E-state index contributed by atoms with van der Waals surface area (Å²) in [7, 11) is 0. The molecular weight excluding hydrogens is 250 g/mol. The SMILES string of the molecule is CCOc1cccc2sc(NNC(=O)CC)nc12. The van der Waals surface area contributed by atoms with E-state index >= 15 is 0 Å². The Morgan fingerprint density at radius 3 is 3.00 bits per heavy atom. The average Bonchev–Trinajstić information content (AvgIpc) is 2.80. The molecule has 0 saturated heterocycles. The molecule has 0 aliphatic rings. The minimum atomic E-state index is -0.0701. The molecule has 0 aliphatic heterocycles. The molecule has 0 spiro atoms. The predicted molar refractivity (Wildman–Crippen MR) is 72.8 cm³/mol. The third-order valence-corrected chi connectivity index (χ3v) is 3.25. The molecule has 0 saturated carbocycles. The third-order valence-electron chi connectivity index (χ3n) is 2.31. The number of hydrogen-bond donors (Lipinski definition) is 2. The van der Waals surface area contributed by atoms with Crippen molar-refractivity contribution in [3.63, 3.8) is 0 Å². The molecule has 0 radical (unpaired) electrons. The van der Waals surface area contributed by atoms with Gasteiger partial charge in [-0.3, -0.25) is 15.6 Å². The van der Waals surface area contributed by atoms with Gasteiger partial charge in [0.25, 0.3) is 0 Å². The first-order valence-corrected chi connectivity index (χ1v) is 6.63. The molecule has 1 aromatic carbocycles. The van der Waals surface area contributed by atoms with Crippen LogP contribution in [0.1, 0.15) is 20.3 Å². The molecule has 0 aliphatic carbocycles. The van der Waals surface area contributed by atoms with Gasteiger partial charge in [-0.1, -0.05) is 24.3 Å². The maximum absolute atomic E-state index is 11.1. The smallest absolute Gasteiger partial charge is 0.238 e. The summed E-state index contributed by atoms with van der Waals surface area (Å²) < 4.78 is 6.53. The van der Waals surface area contributed by atoms with Crippen LogP contribution in [0.5, 0.6) is 5.75 Å². The average molecular weight is 265 g/mol. The summed E-state index contributed by atoms with van der Waals surface area (Å²) in [5.41, 5.74) is 6.20. The normalized spacial score (nSPS) is 10.3. The van der Waals surface area contributed by atoms with E-state index in [0.29, 0.717) is 18.2 Å². The molecule has 0 atom stereocenters. The van der Waals surface area contributed by atoms with Crippen LogP contribution in [-0.2, 0) is 4.79 Å². The second kappa shape index (κ2) is 5.68. The maximum atomic E-state index is 11.1. The quantitative estimate of drug-likeness (QED) is 0.815. The first-order chi connectivity index (χ1) is 8.74. The number of anilines is 1. The molecule has 0 unspecified atom stereocenters. The number of para-hydroxylation sites is 1. The number of thiazole rings is 1. The highest BCUT2D eigenvalue weighted by Crippen LogP contribution is 2.31. The van der Waals surface area contributed by atoms with Gasteiger partial charge in [-0.05, 0) is 19.1 Å². The van der Waals surface area contributed by atoms with Gasteiger partial charge >= 0.3 is 0 Å². The second-order valence-electron chi connectivity index (χ2n) is 3.58. The number of aromatic nitrogens is 1. The van der Waals surface area contributed by atoms with Crippen LogP contribution < -0.4 is 15.6 Å². The standard InChI is InChI=1S/C12H15N3O2S/c1-3-10(16)14-15-12-13-11-8(17-4-2)6-5-7-9(11)18-12/h5-7H,3-4H2,1-2H3,(H,13,15)(H,14,16). The lowest BCUT2D eigenvalue weighted by molar-refractivity contribution is -0.120. The van der Waals surface area contributed by atoms with Crippen LogP contribution in [0.2, 0.25) is 0 Å². The highest BCUT2D eigenvalue weighted by atomic mass is 32.1. The molecule has 5 nitrogen and oxygen atoms in total. The number of rotatable bonds is 5. The number of hydrogen-bond acceptors (Lipinski definition) is 5. The van der Waals surface area contributed by atoms with Gasteiger partial charge in [0.1, 0.15) is 11.3 Å². The first-order valence-electron chi connectivity index (χ1n) is 5.81. The Morgan fingerprint density at radius 1 is 1.44 bits per heavy atom. The number of hydrazine groups is 1. The van der Waals surface area contributed by atoms with Gasteiger partial charge in [-0.25, -0.2) is 4.98 Å². The van der Waals surface area contributed by atoms with Crippen LogP contribution in [-0.4, -0.2) is 17.5 Å². The number of benzene rings is 1. The van der Waals surface area contributed by atoms with Crippen LogP contribution >= 0.6 is 11.3 Å². The van der Waals surface area contributed by atoms with Crippen molar-refractivity contribution in [2.75, 3.05) is 12.0 Å². The van der Waals surface area contributed by atoms with E-state index in [1.165, 1.54) is 11.3 Å². The number of fused-ring (bicyclic) bond motifs is 1. The molecule has 2 aromatic rings. The van der Waals surface area contributed by atoms with Crippen molar-refractivity contribution in [1.82, 2.24) is 10.4 Å². The summed E-state index contributed by atoms with van der Waals surface area (Å²) in [6.45, 7) is 4.33. The Kier molecular flexibility index (Phi) is 3.99. The lowest BCUT2D eigenvalue weighted by Crippen LogP contribution is -2.28. The van der Waals surface area contributed by atoms with E-state index in [2.05, 4.69) is 15.8 Å². The summed E-state index contributed by atoms with van der Waals surface area (Å²) >= 11 is 1.47. The van der Waals surface area contributed by atoms with Gasteiger partial charge in [0.05, 0.1) is 11.3 Å². The van der Waals surface area contributed by atoms with E-state index in [4.69, 9.17) is 4.74 Å². The van der Waals surface area contributed by atoms with Crippen molar-refractivity contribution in [1.29, 1.82) is 0 Å². The zero-order valence-electron chi connectivity index (χ0n) is 10.3. The van der Waals surface area contributed by atoms with Crippen LogP contribution in [0.15, 0.2) is 18.2 Å². The number of ether oxygens (including phenoxy) is 1. The zero-order chi connectivity index (χ0) is 13.0. The number of carbonyl (C=O) groups excluding carboxylic acids is 1. The third kappa shape index (κ3) is 2.70. The molecule has 6 heteroatoms. The minimum absolute atomic E-state index is 0.0701. The van der Waals surface area contributed by atoms with E-state index in [1.54, 1.807) is 6.92 Å². The Morgan fingerprint density at radius 2 is 2.28 bits per heavy atom. The van der Waals surface area contributed by atoms with Gasteiger partial charge in [0, 0.05) is 6.42 Å². The minimum Gasteiger partial charge on any atom is -0.492 e. The molecule has 1 heterocycles. The van der Waals surface area contributed by atoms with Gasteiger partial charge in [0.2, 0.25) is 11.0 Å². The molecule has 2 rings (SSSR count). The summed E-state index contributed by atoms with van der Waals surface area (Å²) in [6.07, 6.45) is 0.433. The van der Waals surface area contributed by atoms with E-state index in [9.17, 15) is 4.79 Å². The molecule has 2 N–H and O–H groups in total. The topological polar surface area (TPSA) is 63.2 Å². The van der Waals surface area contributed by atoms with E-state index in [0.717, 1.165) is 16.0 Å². The van der Waals surface area contributed by atoms with E-state index in [-0.39, 0.29) is 5.91 Å². The maximum Gasteiger partial charge on any atom is 0.238 e. The summed E-state index contributed by atoms with van der Waals surface area (Å²) in [5.74, 6) is 0.695. The molecule has 0 bridgehead atoms. The largest absolute Gasteiger partial charge is 0.492 e. The zero-order valence-corrected chi connectivity index (χ0v) is 11.1. The molecular formula is C12H15N3O2S. The Bertz CT molecular complexity index is 553. The monoisotopic (exact) mass is 265 g/mol. The molecule has 0 fully saturated rings. The summed E-state index contributed by atoms with van der Waals surface area (Å²) in [6, 6.07) is 5.79. The fraction of sp³-hybridized carbons (Fsp3) is 0.333. The van der Waals surface area contributed by atoms with Gasteiger partial charge in [-0.15, -0.1) is 0 Å². The van der Waals surface area contributed by atoms with Crippen LogP contribution in [0.25, 0.3) is 10.2 Å². The Labute approximate surface area is 109 Å². The summed E-state index contributed by atoms with van der Waals surface area (Å²) in [4.78, 5) is 15.6. The van der Waals surface area contributed by atoms with Crippen molar-refractivity contribution < 1.29 is 9.53 Å². The van der Waals surface area contributed by atoms with E-state index in [1.807, 2.05) is 25.1 Å². The van der Waals surface area contributed by atoms with Crippen molar-refractivity contribution in [2.45, 2.75) is 20.3 Å². The first kappa shape index (κ1) is 12.6. The molecule has 18 heavy (non-hydrogen) atoms. The molecule has 1 amide bonds. The molecule has 96 valence electrons.